The molecule has 0 radical (unpaired) electrons. The van der Waals surface area contributed by atoms with Gasteiger partial charge in [0.25, 0.3) is 0 Å². The van der Waals surface area contributed by atoms with Crippen LogP contribution >= 0.6 is 0 Å². The third-order valence-electron chi connectivity index (χ3n) is 3.54. The zero-order chi connectivity index (χ0) is 13.3. The van der Waals surface area contributed by atoms with Crippen molar-refractivity contribution in [2.45, 2.75) is 32.5 Å². The Morgan fingerprint density at radius 2 is 1.61 bits per heavy atom. The van der Waals surface area contributed by atoms with Crippen LogP contribution in [0.15, 0.2) is 42.5 Å². The molecular weight excluding hydrogens is 224 g/mol. The molecule has 0 spiro atoms. The molecule has 2 heteroatoms. The molecule has 2 N–H and O–H groups in total. The Bertz CT molecular complexity index is 544. The maximum Gasteiger partial charge on any atom is 0.113 e. The summed E-state index contributed by atoms with van der Waals surface area (Å²) in [4.78, 5) is 0. The molecule has 0 amide bonds. The van der Waals surface area contributed by atoms with Crippen molar-refractivity contribution in [1.29, 1.82) is 0 Å². The van der Waals surface area contributed by atoms with E-state index in [9.17, 15) is 10.2 Å². The van der Waals surface area contributed by atoms with Crippen molar-refractivity contribution in [3.8, 4) is 0 Å². The van der Waals surface area contributed by atoms with Crippen molar-refractivity contribution in [2.24, 2.45) is 5.92 Å². The maximum atomic E-state index is 10.5. The standard InChI is InChI=1S/C16H20O2/c1-11(2)15(17)16(3,18)14-9-8-12-6-4-5-7-13(12)10-14/h4-11,15,17-18H,1-3H3. The first kappa shape index (κ1) is 13.1. The fraction of sp³-hybridized carbons (Fsp3) is 0.375. The molecule has 18 heavy (non-hydrogen) atoms. The second-order valence-corrected chi connectivity index (χ2v) is 5.40. The fourth-order valence-electron chi connectivity index (χ4n) is 2.32. The first-order valence-corrected chi connectivity index (χ1v) is 6.32. The number of hydrogen-bond acceptors (Lipinski definition) is 2. The van der Waals surface area contributed by atoms with Gasteiger partial charge in [-0.05, 0) is 35.2 Å². The van der Waals surface area contributed by atoms with Crippen LogP contribution in [-0.2, 0) is 5.60 Å². The summed E-state index contributed by atoms with van der Waals surface area (Å²) < 4.78 is 0. The molecule has 2 rings (SSSR count). The van der Waals surface area contributed by atoms with Gasteiger partial charge < -0.3 is 10.2 Å². The van der Waals surface area contributed by atoms with E-state index in [2.05, 4.69) is 0 Å². The zero-order valence-electron chi connectivity index (χ0n) is 11.1. The Hall–Kier alpha value is -1.38. The summed E-state index contributed by atoms with van der Waals surface area (Å²) in [7, 11) is 0. The topological polar surface area (TPSA) is 40.5 Å². The SMILES string of the molecule is CC(C)C(O)C(C)(O)c1ccc2ccccc2c1. The van der Waals surface area contributed by atoms with Gasteiger partial charge in [0.1, 0.15) is 5.60 Å². The highest BCUT2D eigenvalue weighted by molar-refractivity contribution is 5.83. The maximum absolute atomic E-state index is 10.5. The molecule has 2 atom stereocenters. The van der Waals surface area contributed by atoms with Crippen LogP contribution in [0, 0.1) is 5.92 Å². The fourth-order valence-corrected chi connectivity index (χ4v) is 2.32. The monoisotopic (exact) mass is 244 g/mol. The Labute approximate surface area is 108 Å². The number of fused-ring (bicyclic) bond motifs is 1. The van der Waals surface area contributed by atoms with E-state index in [1.165, 1.54) is 0 Å². The van der Waals surface area contributed by atoms with Crippen molar-refractivity contribution in [2.75, 3.05) is 0 Å². The van der Waals surface area contributed by atoms with Gasteiger partial charge in [0.05, 0.1) is 6.10 Å². The van der Waals surface area contributed by atoms with Crippen LogP contribution in [-0.4, -0.2) is 16.3 Å². The quantitative estimate of drug-likeness (QED) is 0.871. The minimum Gasteiger partial charge on any atom is -0.390 e. The summed E-state index contributed by atoms with van der Waals surface area (Å²) in [5, 5.41) is 22.9. The predicted octanol–water partition coefficient (Wildman–Crippen LogP) is 3.06. The van der Waals surface area contributed by atoms with Gasteiger partial charge >= 0.3 is 0 Å². The third kappa shape index (κ3) is 2.26. The molecule has 0 aliphatic heterocycles. The lowest BCUT2D eigenvalue weighted by molar-refractivity contribution is -0.0875. The molecule has 2 aromatic carbocycles. The van der Waals surface area contributed by atoms with E-state index in [1.807, 2.05) is 56.3 Å². The van der Waals surface area contributed by atoms with Crippen molar-refractivity contribution < 1.29 is 10.2 Å². The van der Waals surface area contributed by atoms with Crippen molar-refractivity contribution >= 4 is 10.8 Å². The summed E-state index contributed by atoms with van der Waals surface area (Å²) >= 11 is 0. The Morgan fingerprint density at radius 1 is 1.00 bits per heavy atom. The van der Waals surface area contributed by atoms with Gasteiger partial charge in [0, 0.05) is 0 Å². The van der Waals surface area contributed by atoms with Gasteiger partial charge in [-0.2, -0.15) is 0 Å². The van der Waals surface area contributed by atoms with E-state index >= 15 is 0 Å². The van der Waals surface area contributed by atoms with Crippen molar-refractivity contribution in [3.63, 3.8) is 0 Å². The number of aliphatic hydroxyl groups is 2. The number of rotatable bonds is 3. The summed E-state index contributed by atoms with van der Waals surface area (Å²) in [6.45, 7) is 5.47. The molecule has 0 aromatic heterocycles. The molecular formula is C16H20O2. The third-order valence-corrected chi connectivity index (χ3v) is 3.54. The highest BCUT2D eigenvalue weighted by Gasteiger charge is 2.34. The van der Waals surface area contributed by atoms with E-state index in [1.54, 1.807) is 6.92 Å². The average molecular weight is 244 g/mol. The van der Waals surface area contributed by atoms with Gasteiger partial charge in [0.2, 0.25) is 0 Å². The largest absolute Gasteiger partial charge is 0.390 e. The lowest BCUT2D eigenvalue weighted by Gasteiger charge is -2.32. The summed E-state index contributed by atoms with van der Waals surface area (Å²) in [5.74, 6) is 0.00599. The summed E-state index contributed by atoms with van der Waals surface area (Å²) in [6.07, 6.45) is -0.779. The minimum atomic E-state index is -1.22. The van der Waals surface area contributed by atoms with E-state index in [0.29, 0.717) is 0 Å². The second-order valence-electron chi connectivity index (χ2n) is 5.40. The first-order chi connectivity index (χ1) is 8.43. The normalized spacial score (nSPS) is 16.8. The Kier molecular flexibility index (Phi) is 3.42. The first-order valence-electron chi connectivity index (χ1n) is 6.32. The summed E-state index contributed by atoms with van der Waals surface area (Å²) in [5.41, 5.74) is -0.472. The zero-order valence-corrected chi connectivity index (χ0v) is 11.1. The van der Waals surface area contributed by atoms with E-state index < -0.39 is 11.7 Å². The molecule has 2 aromatic rings. The summed E-state index contributed by atoms with van der Waals surface area (Å²) in [6, 6.07) is 13.8. The van der Waals surface area contributed by atoms with Gasteiger partial charge in [-0.25, -0.2) is 0 Å². The van der Waals surface area contributed by atoms with Crippen molar-refractivity contribution in [3.05, 3.63) is 48.0 Å². The predicted molar refractivity (Wildman–Crippen MR) is 74.4 cm³/mol. The Morgan fingerprint density at radius 3 is 2.22 bits per heavy atom. The molecule has 0 saturated carbocycles. The molecule has 0 aliphatic carbocycles. The van der Waals surface area contributed by atoms with Crippen LogP contribution in [0.1, 0.15) is 26.3 Å². The molecule has 96 valence electrons. The van der Waals surface area contributed by atoms with Crippen LogP contribution in [0.25, 0.3) is 10.8 Å². The van der Waals surface area contributed by atoms with E-state index in [4.69, 9.17) is 0 Å². The van der Waals surface area contributed by atoms with Crippen LogP contribution < -0.4 is 0 Å². The molecule has 0 fully saturated rings. The highest BCUT2D eigenvalue weighted by atomic mass is 16.3. The molecule has 0 aliphatic rings. The molecule has 0 bridgehead atoms. The number of hydrogen-bond donors (Lipinski definition) is 2. The molecule has 0 heterocycles. The van der Waals surface area contributed by atoms with Crippen molar-refractivity contribution in [1.82, 2.24) is 0 Å². The highest BCUT2D eigenvalue weighted by Crippen LogP contribution is 2.30. The lowest BCUT2D eigenvalue weighted by atomic mass is 9.84. The molecule has 0 saturated heterocycles. The Balaban J connectivity index is 2.47. The average Bonchev–Trinajstić information content (AvgIpc) is 2.37. The lowest BCUT2D eigenvalue weighted by Crippen LogP contribution is -2.40. The molecule has 2 nitrogen and oxygen atoms in total. The van der Waals surface area contributed by atoms with Gasteiger partial charge in [-0.15, -0.1) is 0 Å². The minimum absolute atomic E-state index is 0.00599. The second kappa shape index (κ2) is 4.71. The number of aliphatic hydroxyl groups excluding tert-OH is 1. The van der Waals surface area contributed by atoms with Crippen LogP contribution in [0.4, 0.5) is 0 Å². The molecule has 2 unspecified atom stereocenters. The van der Waals surface area contributed by atoms with Crippen LogP contribution in [0.5, 0.6) is 0 Å². The van der Waals surface area contributed by atoms with Gasteiger partial charge in [0.15, 0.2) is 0 Å². The number of benzene rings is 2. The van der Waals surface area contributed by atoms with Crippen LogP contribution in [0.2, 0.25) is 0 Å². The smallest absolute Gasteiger partial charge is 0.113 e. The van der Waals surface area contributed by atoms with E-state index in [-0.39, 0.29) is 5.92 Å². The van der Waals surface area contributed by atoms with E-state index in [0.717, 1.165) is 16.3 Å². The van der Waals surface area contributed by atoms with Crippen LogP contribution in [0.3, 0.4) is 0 Å². The van der Waals surface area contributed by atoms with Gasteiger partial charge in [-0.3, -0.25) is 0 Å². The van der Waals surface area contributed by atoms with Gasteiger partial charge in [-0.1, -0.05) is 50.2 Å².